The van der Waals surface area contributed by atoms with Crippen molar-refractivity contribution in [3.05, 3.63) is 118 Å². The Kier molecular flexibility index (Phi) is 6.46. The van der Waals surface area contributed by atoms with Crippen molar-refractivity contribution in [1.29, 1.82) is 0 Å². The van der Waals surface area contributed by atoms with E-state index >= 15 is 0 Å². The van der Waals surface area contributed by atoms with Crippen LogP contribution in [0.25, 0.3) is 11.8 Å². The Morgan fingerprint density at radius 3 is 1.92 bits per heavy atom. The number of hydrogen-bond acceptors (Lipinski definition) is 3. The Hall–Kier alpha value is -4.49. The van der Waals surface area contributed by atoms with E-state index < -0.39 is 23.7 Å². The average Bonchev–Trinajstić information content (AvgIpc) is 3.18. The van der Waals surface area contributed by atoms with Gasteiger partial charge in [-0.15, -0.1) is 0 Å². The van der Waals surface area contributed by atoms with Crippen molar-refractivity contribution in [3.8, 4) is 5.69 Å². The number of imide groups is 2. The van der Waals surface area contributed by atoms with E-state index in [0.717, 1.165) is 21.1 Å². The third kappa shape index (κ3) is 4.31. The highest BCUT2D eigenvalue weighted by Crippen LogP contribution is 2.31. The summed E-state index contributed by atoms with van der Waals surface area (Å²) < 4.78 is 15.6. The highest BCUT2D eigenvalue weighted by Gasteiger charge is 2.43. The number of aromatic nitrogens is 1. The summed E-state index contributed by atoms with van der Waals surface area (Å²) in [5.74, 6) is -1.96. The minimum absolute atomic E-state index is 0.0155. The number of carbonyl (C=O) groups excluding carboxylic acids is 3. The van der Waals surface area contributed by atoms with Crippen molar-refractivity contribution < 1.29 is 18.8 Å². The van der Waals surface area contributed by atoms with Crippen molar-refractivity contribution in [1.82, 2.24) is 4.57 Å². The third-order valence-corrected chi connectivity index (χ3v) is 6.78. The van der Waals surface area contributed by atoms with E-state index in [2.05, 4.69) is 0 Å². The van der Waals surface area contributed by atoms with Gasteiger partial charge in [-0.2, -0.15) is 0 Å². The van der Waals surface area contributed by atoms with Gasteiger partial charge < -0.3 is 4.57 Å². The predicted molar refractivity (Wildman–Crippen MR) is 146 cm³/mol. The molecule has 38 heavy (non-hydrogen) atoms. The van der Waals surface area contributed by atoms with E-state index in [9.17, 15) is 18.8 Å². The molecule has 1 saturated heterocycles. The maximum Gasteiger partial charge on any atom is 0.343 e. The first-order valence-corrected chi connectivity index (χ1v) is 12.3. The lowest BCUT2D eigenvalue weighted by Crippen LogP contribution is -2.57. The van der Waals surface area contributed by atoms with Crippen LogP contribution in [0.3, 0.4) is 0 Å². The normalized spacial score (nSPS) is 15.1. The maximum absolute atomic E-state index is 13.8. The molecule has 6 nitrogen and oxygen atoms in total. The van der Waals surface area contributed by atoms with Gasteiger partial charge in [0.15, 0.2) is 0 Å². The summed E-state index contributed by atoms with van der Waals surface area (Å²) in [6.45, 7) is 5.58. The molecule has 0 aliphatic carbocycles. The number of anilines is 2. The van der Waals surface area contributed by atoms with Gasteiger partial charge in [-0.25, -0.2) is 19.0 Å². The number of barbiturate groups is 1. The van der Waals surface area contributed by atoms with Crippen LogP contribution in [0.5, 0.6) is 0 Å². The van der Waals surface area contributed by atoms with Gasteiger partial charge in [0.25, 0.3) is 11.8 Å². The maximum atomic E-state index is 13.8. The molecule has 5 rings (SSSR count). The molecule has 0 N–H and O–H groups in total. The lowest BCUT2D eigenvalue weighted by atomic mass is 10.0. The number of halogens is 2. The van der Waals surface area contributed by atoms with Crippen LogP contribution in [-0.4, -0.2) is 22.4 Å². The number of benzene rings is 3. The van der Waals surface area contributed by atoms with E-state index in [4.69, 9.17) is 11.6 Å². The minimum Gasteiger partial charge on any atom is -0.318 e. The summed E-state index contributed by atoms with van der Waals surface area (Å²) in [5, 5.41) is -0.0155. The van der Waals surface area contributed by atoms with Gasteiger partial charge in [-0.1, -0.05) is 47.5 Å². The SMILES string of the molecule is Cc1ccc(N2C(=O)/C(=C/c3cc(C)n(-c4ccc(F)c(Cl)c4)c3C)C(=O)N(c3ccccc3)C2=O)cc1. The van der Waals surface area contributed by atoms with E-state index in [-0.39, 0.29) is 10.6 Å². The van der Waals surface area contributed by atoms with Crippen LogP contribution in [0, 0.1) is 26.6 Å². The zero-order chi connectivity index (χ0) is 27.1. The molecule has 0 unspecified atom stereocenters. The molecule has 0 bridgehead atoms. The van der Waals surface area contributed by atoms with Crippen LogP contribution in [0.2, 0.25) is 5.02 Å². The molecule has 1 fully saturated rings. The first-order chi connectivity index (χ1) is 18.2. The largest absolute Gasteiger partial charge is 0.343 e. The van der Waals surface area contributed by atoms with Gasteiger partial charge in [0.05, 0.1) is 16.4 Å². The van der Waals surface area contributed by atoms with Crippen molar-refractivity contribution in [2.24, 2.45) is 0 Å². The highest BCUT2D eigenvalue weighted by atomic mass is 35.5. The molecule has 4 aromatic rings. The Morgan fingerprint density at radius 2 is 1.32 bits per heavy atom. The average molecular weight is 528 g/mol. The number of hydrogen-bond donors (Lipinski definition) is 0. The molecule has 0 saturated carbocycles. The summed E-state index contributed by atoms with van der Waals surface area (Å²) >= 11 is 6.01. The number of rotatable bonds is 4. The quantitative estimate of drug-likeness (QED) is 0.217. The highest BCUT2D eigenvalue weighted by molar-refractivity contribution is 6.46. The molecule has 1 aliphatic rings. The Bertz CT molecular complexity index is 1620. The van der Waals surface area contributed by atoms with Gasteiger partial charge in [-0.3, -0.25) is 9.59 Å². The van der Waals surface area contributed by atoms with Crippen LogP contribution in [0.1, 0.15) is 22.5 Å². The zero-order valence-corrected chi connectivity index (χ0v) is 21.7. The summed E-state index contributed by atoms with van der Waals surface area (Å²) in [6.07, 6.45) is 1.50. The fourth-order valence-corrected chi connectivity index (χ4v) is 4.74. The van der Waals surface area contributed by atoms with Crippen molar-refractivity contribution >= 4 is 46.9 Å². The predicted octanol–water partition coefficient (Wildman–Crippen LogP) is 6.78. The number of amides is 4. The topological polar surface area (TPSA) is 62.6 Å². The second kappa shape index (κ2) is 9.76. The van der Waals surface area contributed by atoms with Gasteiger partial charge in [-0.05, 0) is 80.9 Å². The molecule has 0 spiro atoms. The van der Waals surface area contributed by atoms with Gasteiger partial charge in [0.2, 0.25) is 0 Å². The number of para-hydroxylation sites is 1. The number of nitrogens with zero attached hydrogens (tertiary/aromatic N) is 3. The molecule has 3 aromatic carbocycles. The van der Waals surface area contributed by atoms with Crippen LogP contribution in [0.15, 0.2) is 84.4 Å². The minimum atomic E-state index is -0.751. The van der Waals surface area contributed by atoms with Crippen LogP contribution >= 0.6 is 11.6 Å². The molecule has 0 radical (unpaired) electrons. The summed E-state index contributed by atoms with van der Waals surface area (Å²) in [7, 11) is 0. The Morgan fingerprint density at radius 1 is 0.737 bits per heavy atom. The number of carbonyl (C=O) groups is 3. The van der Waals surface area contributed by atoms with E-state index in [1.807, 2.05) is 31.4 Å². The van der Waals surface area contributed by atoms with Crippen molar-refractivity contribution in [2.75, 3.05) is 9.80 Å². The third-order valence-electron chi connectivity index (χ3n) is 6.49. The zero-order valence-electron chi connectivity index (χ0n) is 20.9. The first kappa shape index (κ1) is 25.2. The fraction of sp³-hybridized carbons (Fsp3) is 0.100. The summed E-state index contributed by atoms with van der Waals surface area (Å²) in [6, 6.07) is 20.9. The monoisotopic (exact) mass is 527 g/mol. The van der Waals surface area contributed by atoms with Crippen molar-refractivity contribution in [2.45, 2.75) is 20.8 Å². The van der Waals surface area contributed by atoms with E-state index in [0.29, 0.717) is 28.3 Å². The molecule has 4 amide bonds. The Labute approximate surface area is 224 Å². The number of urea groups is 1. The lowest BCUT2D eigenvalue weighted by Gasteiger charge is -2.34. The number of aryl methyl sites for hydroxylation is 2. The first-order valence-electron chi connectivity index (χ1n) is 11.9. The molecule has 2 heterocycles. The molecule has 1 aromatic heterocycles. The molecular weight excluding hydrogens is 505 g/mol. The smallest absolute Gasteiger partial charge is 0.318 e. The molecule has 1 aliphatic heterocycles. The fourth-order valence-electron chi connectivity index (χ4n) is 4.57. The van der Waals surface area contributed by atoms with Gasteiger partial charge >= 0.3 is 6.03 Å². The second-order valence-electron chi connectivity index (χ2n) is 9.05. The summed E-state index contributed by atoms with van der Waals surface area (Å²) in [4.78, 5) is 42.9. The molecule has 190 valence electrons. The Balaban J connectivity index is 1.65. The van der Waals surface area contributed by atoms with E-state index in [1.165, 1.54) is 18.2 Å². The molecule has 8 heteroatoms. The van der Waals surface area contributed by atoms with Gasteiger partial charge in [0, 0.05) is 17.1 Å². The second-order valence-corrected chi connectivity index (χ2v) is 9.46. The van der Waals surface area contributed by atoms with Crippen LogP contribution in [0.4, 0.5) is 20.6 Å². The van der Waals surface area contributed by atoms with E-state index in [1.54, 1.807) is 60.7 Å². The standard InChI is InChI=1S/C30H23ClFN3O3/c1-18-9-11-23(12-10-18)35-29(37)25(28(36)34(30(35)38)22-7-5-4-6-8-22)16-21-15-19(2)33(20(21)3)24-13-14-27(32)26(31)17-24/h4-17H,1-3H3/b25-16+. The van der Waals surface area contributed by atoms with Crippen LogP contribution in [-0.2, 0) is 9.59 Å². The lowest BCUT2D eigenvalue weighted by molar-refractivity contribution is -0.121. The van der Waals surface area contributed by atoms with Crippen LogP contribution < -0.4 is 9.80 Å². The summed E-state index contributed by atoms with van der Waals surface area (Å²) in [5.41, 5.74) is 4.26. The van der Waals surface area contributed by atoms with Crippen molar-refractivity contribution in [3.63, 3.8) is 0 Å². The molecular formula is C30H23ClFN3O3. The molecule has 0 atom stereocenters. The van der Waals surface area contributed by atoms with Gasteiger partial charge in [0.1, 0.15) is 11.4 Å².